The fraction of sp³-hybridized carbons (Fsp3) is 0.474. The molecule has 8 nitrogen and oxygen atoms in total. The highest BCUT2D eigenvalue weighted by molar-refractivity contribution is 7.89. The molecule has 0 aromatic heterocycles. The van der Waals surface area contributed by atoms with Gasteiger partial charge in [-0.05, 0) is 42.8 Å². The Morgan fingerprint density at radius 3 is 1.85 bits per heavy atom. The molecule has 9 heteroatoms. The summed E-state index contributed by atoms with van der Waals surface area (Å²) in [4.78, 5) is 14.1. The fourth-order valence-corrected chi connectivity index (χ4v) is 6.23. The van der Waals surface area contributed by atoms with Gasteiger partial charge in [0.25, 0.3) is 10.0 Å². The number of nitrogens with zero attached hydrogens (tertiary/aromatic N) is 1. The Bertz CT molecular complexity index is 1490. The molecule has 0 unspecified atom stereocenters. The van der Waals surface area contributed by atoms with Gasteiger partial charge >= 0.3 is 5.97 Å². The van der Waals surface area contributed by atoms with E-state index in [4.69, 9.17) is 14.2 Å². The number of hydrogen-bond acceptors (Lipinski definition) is 7. The Labute approximate surface area is 282 Å². The molecule has 0 atom stereocenters. The van der Waals surface area contributed by atoms with Crippen molar-refractivity contribution in [3.63, 3.8) is 0 Å². The van der Waals surface area contributed by atoms with Gasteiger partial charge in [-0.3, -0.25) is 0 Å². The average Bonchev–Trinajstić information content (AvgIpc) is 3.10. The number of carbonyl (C=O) groups is 1. The van der Waals surface area contributed by atoms with Gasteiger partial charge in [-0.1, -0.05) is 127 Å². The predicted molar refractivity (Wildman–Crippen MR) is 189 cm³/mol. The minimum atomic E-state index is -4.09. The lowest BCUT2D eigenvalue weighted by molar-refractivity contribution is 0.0600. The summed E-state index contributed by atoms with van der Waals surface area (Å²) in [5.41, 5.74) is 1.87. The molecule has 0 aliphatic rings. The highest BCUT2D eigenvalue weighted by Gasteiger charge is 2.18. The summed E-state index contributed by atoms with van der Waals surface area (Å²) < 4.78 is 42.7. The van der Waals surface area contributed by atoms with E-state index in [2.05, 4.69) is 16.9 Å². The third kappa shape index (κ3) is 13.1. The van der Waals surface area contributed by atoms with Gasteiger partial charge in [0, 0.05) is 11.1 Å². The zero-order valence-corrected chi connectivity index (χ0v) is 29.2. The number of hydrogen-bond donors (Lipinski definition) is 1. The maximum absolute atomic E-state index is 13.1. The van der Waals surface area contributed by atoms with Crippen LogP contribution in [0.2, 0.25) is 0 Å². The van der Waals surface area contributed by atoms with Gasteiger partial charge in [-0.25, -0.2) is 4.79 Å². The summed E-state index contributed by atoms with van der Waals surface area (Å²) in [7, 11) is -1.28. The van der Waals surface area contributed by atoms with Gasteiger partial charge in [-0.2, -0.15) is 18.4 Å². The van der Waals surface area contributed by atoms with Crippen molar-refractivity contribution in [3.8, 4) is 11.5 Å². The lowest BCUT2D eigenvalue weighted by Gasteiger charge is -2.14. The molecule has 3 aromatic carbocycles. The number of sulfonamides is 1. The molecule has 0 aliphatic carbocycles. The van der Waals surface area contributed by atoms with Crippen molar-refractivity contribution < 1.29 is 27.4 Å². The first kappa shape index (κ1) is 37.6. The van der Waals surface area contributed by atoms with Crippen molar-refractivity contribution >= 4 is 21.7 Å². The first-order valence-electron chi connectivity index (χ1n) is 17.0. The van der Waals surface area contributed by atoms with Crippen LogP contribution in [0.4, 0.5) is 0 Å². The molecule has 0 fully saturated rings. The van der Waals surface area contributed by atoms with Crippen LogP contribution in [0.15, 0.2) is 82.8 Å². The smallest absolute Gasteiger partial charge is 0.337 e. The minimum absolute atomic E-state index is 0.110. The Hall–Kier alpha value is -3.85. The quantitative estimate of drug-likeness (QED) is 0.0470. The molecule has 0 aliphatic heterocycles. The zero-order chi connectivity index (χ0) is 33.7. The van der Waals surface area contributed by atoms with Crippen LogP contribution in [0.3, 0.4) is 0 Å². The minimum Gasteiger partial charge on any atom is -0.493 e. The van der Waals surface area contributed by atoms with Crippen LogP contribution < -0.4 is 14.3 Å². The second-order valence-corrected chi connectivity index (χ2v) is 13.4. The molecule has 0 saturated carbocycles. The van der Waals surface area contributed by atoms with Gasteiger partial charge in [-0.15, -0.1) is 0 Å². The van der Waals surface area contributed by atoms with E-state index in [1.54, 1.807) is 13.2 Å². The van der Waals surface area contributed by atoms with Crippen LogP contribution in [0.25, 0.3) is 0 Å². The van der Waals surface area contributed by atoms with Crippen LogP contribution in [0.1, 0.15) is 118 Å². The number of esters is 1. The molecule has 0 radical (unpaired) electrons. The van der Waals surface area contributed by atoms with Crippen LogP contribution in [0, 0.1) is 0 Å². The van der Waals surface area contributed by atoms with E-state index in [9.17, 15) is 13.2 Å². The van der Waals surface area contributed by atoms with E-state index in [1.165, 1.54) is 108 Å². The SMILES string of the molecule is CCCCCCCCCCCCCCCCOc1ccc(/C(=N\NS(=O)(=O)c2cccc(C(=O)OC)c2)c2ccccc2)cc1OC. The average molecular weight is 665 g/mol. The molecular weight excluding hydrogens is 612 g/mol. The highest BCUT2D eigenvalue weighted by atomic mass is 32.2. The third-order valence-electron chi connectivity index (χ3n) is 8.08. The summed E-state index contributed by atoms with van der Waals surface area (Å²) in [6.45, 7) is 2.86. The standard InChI is InChI=1S/C38H52N2O6S/c1-4-5-6-7-8-9-10-11-12-13-14-15-16-20-28-46-35-27-26-32(30-36(35)44-2)37(31-22-18-17-19-23-31)39-40-47(42,43)34-25-21-24-33(29-34)38(41)45-3/h17-19,21-27,29-30,40H,4-16,20,28H2,1-3H3/b39-37-. The second kappa shape index (κ2) is 21.1. The van der Waals surface area contributed by atoms with Crippen molar-refractivity contribution in [2.45, 2.75) is 102 Å². The maximum atomic E-state index is 13.1. The summed E-state index contributed by atoms with van der Waals surface area (Å²) in [6, 6.07) is 20.3. The molecule has 0 amide bonds. The van der Waals surface area contributed by atoms with E-state index in [0.717, 1.165) is 12.8 Å². The highest BCUT2D eigenvalue weighted by Crippen LogP contribution is 2.30. The number of carbonyl (C=O) groups excluding carboxylic acids is 1. The van der Waals surface area contributed by atoms with E-state index >= 15 is 0 Å². The maximum Gasteiger partial charge on any atom is 0.337 e. The molecule has 0 saturated heterocycles. The molecule has 0 bridgehead atoms. The molecular formula is C38H52N2O6S. The lowest BCUT2D eigenvalue weighted by atomic mass is 10.0. The van der Waals surface area contributed by atoms with Gasteiger partial charge in [0.05, 0.1) is 37.0 Å². The van der Waals surface area contributed by atoms with Crippen molar-refractivity contribution in [1.82, 2.24) is 4.83 Å². The van der Waals surface area contributed by atoms with Crippen LogP contribution in [-0.2, 0) is 14.8 Å². The van der Waals surface area contributed by atoms with E-state index < -0.39 is 16.0 Å². The topological polar surface area (TPSA) is 103 Å². The normalized spacial score (nSPS) is 11.7. The van der Waals surface area contributed by atoms with Crippen LogP contribution >= 0.6 is 0 Å². The van der Waals surface area contributed by atoms with Gasteiger partial charge < -0.3 is 14.2 Å². The molecule has 3 aromatic rings. The first-order valence-corrected chi connectivity index (χ1v) is 18.5. The third-order valence-corrected chi connectivity index (χ3v) is 9.29. The predicted octanol–water partition coefficient (Wildman–Crippen LogP) is 9.07. The second-order valence-electron chi connectivity index (χ2n) is 11.8. The Morgan fingerprint density at radius 1 is 0.660 bits per heavy atom. The molecule has 47 heavy (non-hydrogen) atoms. The van der Waals surface area contributed by atoms with Crippen LogP contribution in [0.5, 0.6) is 11.5 Å². The molecule has 0 heterocycles. The first-order chi connectivity index (χ1) is 22.9. The summed E-state index contributed by atoms with van der Waals surface area (Å²) in [5, 5.41) is 4.32. The van der Waals surface area contributed by atoms with Crippen molar-refractivity contribution in [3.05, 3.63) is 89.5 Å². The number of ether oxygens (including phenoxy) is 3. The van der Waals surface area contributed by atoms with E-state index in [0.29, 0.717) is 34.9 Å². The number of nitrogens with one attached hydrogen (secondary N) is 1. The summed E-state index contributed by atoms with van der Waals surface area (Å²) in [5.74, 6) is 0.526. The summed E-state index contributed by atoms with van der Waals surface area (Å²) >= 11 is 0. The number of hydrazone groups is 1. The number of unbranched alkanes of at least 4 members (excludes halogenated alkanes) is 13. The molecule has 3 rings (SSSR count). The van der Waals surface area contributed by atoms with Crippen molar-refractivity contribution in [2.24, 2.45) is 5.10 Å². The number of rotatable bonds is 23. The zero-order valence-electron chi connectivity index (χ0n) is 28.3. The number of benzene rings is 3. The van der Waals surface area contributed by atoms with Gasteiger partial charge in [0.2, 0.25) is 0 Å². The molecule has 256 valence electrons. The largest absolute Gasteiger partial charge is 0.493 e. The monoisotopic (exact) mass is 664 g/mol. The van der Waals surface area contributed by atoms with Crippen molar-refractivity contribution in [1.29, 1.82) is 0 Å². The van der Waals surface area contributed by atoms with Gasteiger partial charge in [0.1, 0.15) is 0 Å². The van der Waals surface area contributed by atoms with E-state index in [1.807, 2.05) is 42.5 Å². The Kier molecular flexibility index (Phi) is 16.9. The fourth-order valence-electron chi connectivity index (χ4n) is 5.37. The Balaban J connectivity index is 1.54. The van der Waals surface area contributed by atoms with Gasteiger partial charge in [0.15, 0.2) is 11.5 Å². The number of methoxy groups -OCH3 is 2. The van der Waals surface area contributed by atoms with Crippen LogP contribution in [-0.4, -0.2) is 40.9 Å². The lowest BCUT2D eigenvalue weighted by Crippen LogP contribution is -2.21. The van der Waals surface area contributed by atoms with Crippen molar-refractivity contribution in [2.75, 3.05) is 20.8 Å². The molecule has 0 spiro atoms. The molecule has 1 N–H and O–H groups in total. The van der Waals surface area contributed by atoms with E-state index in [-0.39, 0.29) is 10.5 Å². The Morgan fingerprint density at radius 2 is 1.26 bits per heavy atom. The summed E-state index contributed by atoms with van der Waals surface area (Å²) in [6.07, 6.45) is 18.3.